The van der Waals surface area contributed by atoms with Crippen molar-refractivity contribution in [3.63, 3.8) is 0 Å². The number of nitriles is 1. The van der Waals surface area contributed by atoms with Crippen molar-refractivity contribution in [2.45, 2.75) is 24.7 Å². The first-order valence-electron chi connectivity index (χ1n) is 9.36. The number of halogens is 2. The number of Topliss-reactive ketones (excluding diaryl/α,β-unsaturated/α-hetero) is 1. The average Bonchev–Trinajstić information content (AvgIpc) is 2.72. The van der Waals surface area contributed by atoms with E-state index in [2.05, 4.69) is 6.07 Å². The number of hydrogen-bond donors (Lipinski definition) is 1. The molecule has 1 heterocycles. The number of hydrogen-bond acceptors (Lipinski definition) is 5. The molecule has 4 rings (SSSR count). The van der Waals surface area contributed by atoms with Gasteiger partial charge in [0.25, 0.3) is 0 Å². The van der Waals surface area contributed by atoms with Gasteiger partial charge in [0.2, 0.25) is 5.88 Å². The summed E-state index contributed by atoms with van der Waals surface area (Å²) in [6.07, 6.45) is 0.801. The molecule has 0 aromatic heterocycles. The zero-order chi connectivity index (χ0) is 21.4. The Bertz CT molecular complexity index is 1130. The standard InChI is InChI=1S/C23H18Cl2N2O3/c1-29-22-15(9-14(24)10-17(22)25)20-16(11-26)23(27)30-19-8-13(7-18(28)21(19)20)12-5-3-2-4-6-12/h2-6,9-10,13,20H,7-8,27H2,1H3/t13-,20-/m1/s1. The highest BCUT2D eigenvalue weighted by molar-refractivity contribution is 6.35. The predicted octanol–water partition coefficient (Wildman–Crippen LogP) is 5.21. The topological polar surface area (TPSA) is 85.3 Å². The summed E-state index contributed by atoms with van der Waals surface area (Å²) >= 11 is 12.6. The van der Waals surface area contributed by atoms with Gasteiger partial charge in [-0.05, 0) is 23.6 Å². The van der Waals surface area contributed by atoms with Gasteiger partial charge in [-0.2, -0.15) is 5.26 Å². The fourth-order valence-corrected chi connectivity index (χ4v) is 4.78. The molecule has 2 aliphatic rings. The minimum absolute atomic E-state index is 0.0269. The number of benzene rings is 2. The van der Waals surface area contributed by atoms with E-state index >= 15 is 0 Å². The maximum Gasteiger partial charge on any atom is 0.205 e. The van der Waals surface area contributed by atoms with Crippen LogP contribution in [0.3, 0.4) is 0 Å². The van der Waals surface area contributed by atoms with Gasteiger partial charge in [-0.15, -0.1) is 0 Å². The van der Waals surface area contributed by atoms with Crippen molar-refractivity contribution in [1.29, 1.82) is 5.26 Å². The third-order valence-corrected chi connectivity index (χ3v) is 5.98. The Morgan fingerprint density at radius 3 is 2.60 bits per heavy atom. The van der Waals surface area contributed by atoms with E-state index in [1.165, 1.54) is 7.11 Å². The largest absolute Gasteiger partial charge is 0.495 e. The monoisotopic (exact) mass is 440 g/mol. The van der Waals surface area contributed by atoms with Crippen LogP contribution in [0.5, 0.6) is 5.75 Å². The molecule has 2 aromatic carbocycles. The van der Waals surface area contributed by atoms with Gasteiger partial charge in [0.1, 0.15) is 23.2 Å². The molecule has 0 fully saturated rings. The van der Waals surface area contributed by atoms with Crippen molar-refractivity contribution >= 4 is 29.0 Å². The fourth-order valence-electron chi connectivity index (χ4n) is 4.19. The SMILES string of the molecule is COc1c(Cl)cc(Cl)cc1[C@@H]1C(C#N)=C(N)OC2=C1C(=O)C[C@@H](c1ccccc1)C2. The number of allylic oxidation sites excluding steroid dienone is 3. The molecule has 152 valence electrons. The lowest BCUT2D eigenvalue weighted by Gasteiger charge is -2.34. The van der Waals surface area contributed by atoms with Gasteiger partial charge in [-0.25, -0.2) is 0 Å². The van der Waals surface area contributed by atoms with Crippen LogP contribution in [0.2, 0.25) is 10.0 Å². The van der Waals surface area contributed by atoms with E-state index in [4.69, 9.17) is 38.4 Å². The highest BCUT2D eigenvalue weighted by Crippen LogP contribution is 2.50. The summed E-state index contributed by atoms with van der Waals surface area (Å²) in [7, 11) is 1.47. The number of nitrogens with zero attached hydrogens (tertiary/aromatic N) is 1. The average molecular weight is 441 g/mol. The smallest absolute Gasteiger partial charge is 0.205 e. The Balaban J connectivity index is 1.87. The molecular formula is C23H18Cl2N2O3. The van der Waals surface area contributed by atoms with Gasteiger partial charge in [-0.1, -0.05) is 53.5 Å². The van der Waals surface area contributed by atoms with E-state index in [1.54, 1.807) is 12.1 Å². The highest BCUT2D eigenvalue weighted by atomic mass is 35.5. The lowest BCUT2D eigenvalue weighted by molar-refractivity contribution is -0.117. The van der Waals surface area contributed by atoms with E-state index in [0.717, 1.165) is 5.56 Å². The first-order chi connectivity index (χ1) is 14.4. The Morgan fingerprint density at radius 2 is 1.93 bits per heavy atom. The van der Waals surface area contributed by atoms with Gasteiger partial charge in [0.05, 0.1) is 18.1 Å². The van der Waals surface area contributed by atoms with Crippen LogP contribution >= 0.6 is 23.2 Å². The molecule has 0 saturated heterocycles. The maximum atomic E-state index is 13.3. The summed E-state index contributed by atoms with van der Waals surface area (Å²) in [5, 5.41) is 10.4. The minimum Gasteiger partial charge on any atom is -0.495 e. The first kappa shape index (κ1) is 20.3. The van der Waals surface area contributed by atoms with Gasteiger partial charge in [-0.3, -0.25) is 4.79 Å². The summed E-state index contributed by atoms with van der Waals surface area (Å²) in [5.41, 5.74) is 8.21. The summed E-state index contributed by atoms with van der Waals surface area (Å²) in [6, 6.07) is 15.1. The van der Waals surface area contributed by atoms with E-state index in [9.17, 15) is 10.1 Å². The van der Waals surface area contributed by atoms with Crippen LogP contribution in [-0.4, -0.2) is 12.9 Å². The highest BCUT2D eigenvalue weighted by Gasteiger charge is 2.42. The van der Waals surface area contributed by atoms with Crippen molar-refractivity contribution in [3.8, 4) is 11.8 Å². The Hall–Kier alpha value is -2.94. The molecular weight excluding hydrogens is 423 g/mol. The third kappa shape index (κ3) is 3.43. The molecule has 5 nitrogen and oxygen atoms in total. The molecule has 0 radical (unpaired) electrons. The molecule has 1 aliphatic carbocycles. The molecule has 30 heavy (non-hydrogen) atoms. The summed E-state index contributed by atoms with van der Waals surface area (Å²) in [4.78, 5) is 13.3. The van der Waals surface area contributed by atoms with E-state index in [-0.39, 0.29) is 28.2 Å². The first-order valence-corrected chi connectivity index (χ1v) is 10.1. The second-order valence-corrected chi connectivity index (χ2v) is 8.05. The van der Waals surface area contributed by atoms with Crippen LogP contribution < -0.4 is 10.5 Å². The van der Waals surface area contributed by atoms with Gasteiger partial charge >= 0.3 is 0 Å². The minimum atomic E-state index is -0.755. The lowest BCUT2D eigenvalue weighted by atomic mass is 9.73. The Morgan fingerprint density at radius 1 is 1.20 bits per heavy atom. The number of rotatable bonds is 3. The molecule has 2 atom stereocenters. The van der Waals surface area contributed by atoms with Crippen molar-refractivity contribution in [2.24, 2.45) is 5.73 Å². The number of carbonyl (C=O) groups is 1. The molecule has 2 N–H and O–H groups in total. The van der Waals surface area contributed by atoms with Crippen LogP contribution in [0.4, 0.5) is 0 Å². The van der Waals surface area contributed by atoms with Gasteiger partial charge in [0, 0.05) is 29.0 Å². The number of methoxy groups -OCH3 is 1. The van der Waals surface area contributed by atoms with Crippen LogP contribution in [0, 0.1) is 11.3 Å². The molecule has 0 bridgehead atoms. The molecule has 2 aromatic rings. The van der Waals surface area contributed by atoms with E-state index in [1.807, 2.05) is 30.3 Å². The molecule has 7 heteroatoms. The molecule has 0 saturated carbocycles. The predicted molar refractivity (Wildman–Crippen MR) is 114 cm³/mol. The van der Waals surface area contributed by atoms with Crippen molar-refractivity contribution < 1.29 is 14.3 Å². The number of ether oxygens (including phenoxy) is 2. The normalized spacial score (nSPS) is 21.1. The second-order valence-electron chi connectivity index (χ2n) is 7.21. The lowest BCUT2D eigenvalue weighted by Crippen LogP contribution is -2.30. The summed E-state index contributed by atoms with van der Waals surface area (Å²) < 4.78 is 11.3. The summed E-state index contributed by atoms with van der Waals surface area (Å²) in [6.45, 7) is 0. The van der Waals surface area contributed by atoms with E-state index < -0.39 is 5.92 Å². The Labute approximate surface area is 184 Å². The zero-order valence-corrected chi connectivity index (χ0v) is 17.6. The molecule has 0 amide bonds. The van der Waals surface area contributed by atoms with Gasteiger partial charge in [0.15, 0.2) is 5.78 Å². The van der Waals surface area contributed by atoms with Crippen LogP contribution in [-0.2, 0) is 9.53 Å². The van der Waals surface area contributed by atoms with Crippen molar-refractivity contribution in [3.05, 3.63) is 86.4 Å². The van der Waals surface area contributed by atoms with Crippen LogP contribution in [0.25, 0.3) is 0 Å². The second kappa shape index (κ2) is 8.06. The number of nitrogens with two attached hydrogens (primary N) is 1. The molecule has 0 spiro atoms. The van der Waals surface area contributed by atoms with Crippen LogP contribution in [0.15, 0.2) is 65.3 Å². The van der Waals surface area contributed by atoms with E-state index in [0.29, 0.717) is 40.5 Å². The zero-order valence-electron chi connectivity index (χ0n) is 16.1. The molecule has 0 unspecified atom stereocenters. The summed E-state index contributed by atoms with van der Waals surface area (Å²) in [5.74, 6) is -0.0963. The van der Waals surface area contributed by atoms with Crippen molar-refractivity contribution in [1.82, 2.24) is 0 Å². The number of ketones is 1. The van der Waals surface area contributed by atoms with Crippen molar-refractivity contribution in [2.75, 3.05) is 7.11 Å². The quantitative estimate of drug-likeness (QED) is 0.707. The Kier molecular flexibility index (Phi) is 5.46. The fraction of sp³-hybridized carbons (Fsp3) is 0.217. The maximum absolute atomic E-state index is 13.3. The number of carbonyl (C=O) groups excluding carboxylic acids is 1. The van der Waals surface area contributed by atoms with Crippen LogP contribution in [0.1, 0.15) is 35.8 Å². The molecule has 1 aliphatic heterocycles. The van der Waals surface area contributed by atoms with Gasteiger partial charge < -0.3 is 15.2 Å². The third-order valence-electron chi connectivity index (χ3n) is 5.48.